The van der Waals surface area contributed by atoms with E-state index in [2.05, 4.69) is 21.9 Å². The molecule has 114 valence electrons. The molecule has 0 aliphatic carbocycles. The zero-order chi connectivity index (χ0) is 15.7. The number of alkyl halides is 2. The highest BCUT2D eigenvalue weighted by molar-refractivity contribution is 5.91. The maximum Gasteiger partial charge on any atom is 0.261 e. The van der Waals surface area contributed by atoms with E-state index in [1.165, 1.54) is 0 Å². The van der Waals surface area contributed by atoms with Crippen molar-refractivity contribution in [2.24, 2.45) is 0 Å². The van der Waals surface area contributed by atoms with Gasteiger partial charge >= 0.3 is 0 Å². The van der Waals surface area contributed by atoms with Gasteiger partial charge in [-0.15, -0.1) is 0 Å². The Morgan fingerprint density at radius 2 is 2.24 bits per heavy atom. The number of halogens is 2. The van der Waals surface area contributed by atoms with Crippen LogP contribution in [0.5, 0.6) is 0 Å². The van der Waals surface area contributed by atoms with E-state index in [1.54, 1.807) is 18.2 Å². The number of aliphatic hydroxyl groups is 1. The second kappa shape index (κ2) is 9.06. The van der Waals surface area contributed by atoms with Gasteiger partial charge in [-0.2, -0.15) is 0 Å². The maximum atomic E-state index is 11.8. The smallest absolute Gasteiger partial charge is 0.261 e. The molecule has 0 saturated heterocycles. The van der Waals surface area contributed by atoms with Gasteiger partial charge in [-0.05, 0) is 24.6 Å². The van der Waals surface area contributed by atoms with E-state index in [4.69, 9.17) is 5.11 Å². The van der Waals surface area contributed by atoms with Crippen molar-refractivity contribution >= 4 is 11.6 Å². The Hall–Kier alpha value is -1.97. The molecule has 0 unspecified atom stereocenters. The SMILES string of the molecule is Cc1ccc(C#CCO)cc1NC(=O)CCOCC(F)F. The lowest BCUT2D eigenvalue weighted by Gasteiger charge is -2.09. The molecule has 1 aromatic rings. The average Bonchev–Trinajstić information content (AvgIpc) is 2.44. The lowest BCUT2D eigenvalue weighted by molar-refractivity contribution is -0.117. The van der Waals surface area contributed by atoms with Crippen molar-refractivity contribution < 1.29 is 23.4 Å². The fourth-order valence-corrected chi connectivity index (χ4v) is 1.53. The molecule has 0 atom stereocenters. The summed E-state index contributed by atoms with van der Waals surface area (Å²) in [6.45, 7) is 0.862. The van der Waals surface area contributed by atoms with Gasteiger partial charge in [0, 0.05) is 11.3 Å². The number of hydrogen-bond donors (Lipinski definition) is 2. The minimum atomic E-state index is -2.53. The number of ether oxygens (including phenoxy) is 1. The summed E-state index contributed by atoms with van der Waals surface area (Å²) in [6.07, 6.45) is -2.53. The molecule has 0 heterocycles. The van der Waals surface area contributed by atoms with E-state index < -0.39 is 13.0 Å². The molecule has 6 heteroatoms. The lowest BCUT2D eigenvalue weighted by Crippen LogP contribution is -2.16. The van der Waals surface area contributed by atoms with Gasteiger partial charge in [0.2, 0.25) is 5.91 Å². The number of anilines is 1. The normalized spacial score (nSPS) is 10.1. The molecule has 1 aromatic carbocycles. The molecule has 4 nitrogen and oxygen atoms in total. The predicted molar refractivity (Wildman–Crippen MR) is 75.2 cm³/mol. The molecule has 1 amide bonds. The Morgan fingerprint density at radius 3 is 2.90 bits per heavy atom. The number of aliphatic hydroxyl groups excluding tert-OH is 1. The number of carbonyl (C=O) groups excluding carboxylic acids is 1. The van der Waals surface area contributed by atoms with Crippen molar-refractivity contribution in [2.75, 3.05) is 25.1 Å². The van der Waals surface area contributed by atoms with Crippen LogP contribution in [0.4, 0.5) is 14.5 Å². The molecule has 0 fully saturated rings. The topological polar surface area (TPSA) is 58.6 Å². The van der Waals surface area contributed by atoms with Crippen molar-refractivity contribution in [3.8, 4) is 11.8 Å². The van der Waals surface area contributed by atoms with Crippen molar-refractivity contribution in [3.63, 3.8) is 0 Å². The Bertz CT molecular complexity index is 535. The number of nitrogens with one attached hydrogen (secondary N) is 1. The Kier molecular flexibility index (Phi) is 7.37. The molecule has 21 heavy (non-hydrogen) atoms. The second-order valence-electron chi connectivity index (χ2n) is 4.25. The maximum absolute atomic E-state index is 11.8. The van der Waals surface area contributed by atoms with Crippen LogP contribution in [0, 0.1) is 18.8 Å². The van der Waals surface area contributed by atoms with E-state index in [0.29, 0.717) is 11.3 Å². The second-order valence-corrected chi connectivity index (χ2v) is 4.25. The minimum Gasteiger partial charge on any atom is -0.384 e. The molecule has 0 aliphatic rings. The van der Waals surface area contributed by atoms with Crippen molar-refractivity contribution in [1.82, 2.24) is 0 Å². The summed E-state index contributed by atoms with van der Waals surface area (Å²) in [5.74, 6) is 4.94. The third-order valence-corrected chi connectivity index (χ3v) is 2.54. The fraction of sp³-hybridized carbons (Fsp3) is 0.400. The molecule has 0 radical (unpaired) electrons. The van der Waals surface area contributed by atoms with E-state index in [1.807, 2.05) is 6.92 Å². The molecule has 0 saturated carbocycles. The number of rotatable bonds is 6. The Balaban J connectivity index is 2.55. The van der Waals surface area contributed by atoms with Gasteiger partial charge in [-0.25, -0.2) is 8.78 Å². The van der Waals surface area contributed by atoms with Crippen LogP contribution in [0.25, 0.3) is 0 Å². The average molecular weight is 297 g/mol. The van der Waals surface area contributed by atoms with Crippen LogP contribution in [-0.4, -0.2) is 37.3 Å². The summed E-state index contributed by atoms with van der Waals surface area (Å²) in [5.41, 5.74) is 2.11. The summed E-state index contributed by atoms with van der Waals surface area (Å²) in [4.78, 5) is 11.7. The van der Waals surface area contributed by atoms with E-state index in [9.17, 15) is 13.6 Å². The number of amides is 1. The molecule has 1 rings (SSSR count). The van der Waals surface area contributed by atoms with Gasteiger partial charge in [0.25, 0.3) is 6.43 Å². The van der Waals surface area contributed by atoms with E-state index in [-0.39, 0.29) is 25.5 Å². The molecule has 0 aliphatic heterocycles. The van der Waals surface area contributed by atoms with E-state index in [0.717, 1.165) is 5.56 Å². The number of aryl methyl sites for hydroxylation is 1. The van der Waals surface area contributed by atoms with Gasteiger partial charge in [-0.3, -0.25) is 4.79 Å². The first kappa shape index (κ1) is 17.1. The lowest BCUT2D eigenvalue weighted by atomic mass is 10.1. The summed E-state index contributed by atoms with van der Waals surface area (Å²) in [5, 5.41) is 11.3. The third-order valence-electron chi connectivity index (χ3n) is 2.54. The zero-order valence-electron chi connectivity index (χ0n) is 11.7. The first-order valence-electron chi connectivity index (χ1n) is 6.39. The summed E-state index contributed by atoms with van der Waals surface area (Å²) in [6, 6.07) is 5.26. The zero-order valence-corrected chi connectivity index (χ0v) is 11.7. The molecule has 2 N–H and O–H groups in total. The standard InChI is InChI=1S/C15H17F2NO3/c1-11-4-5-12(3-2-7-19)9-13(11)18-15(20)6-8-21-10-14(16)17/h4-5,9,14,19H,6-8,10H2,1H3,(H,18,20). The van der Waals surface area contributed by atoms with Crippen LogP contribution in [0.2, 0.25) is 0 Å². The first-order valence-corrected chi connectivity index (χ1v) is 6.39. The van der Waals surface area contributed by atoms with Crippen molar-refractivity contribution in [3.05, 3.63) is 29.3 Å². The fourth-order valence-electron chi connectivity index (χ4n) is 1.53. The number of hydrogen-bond acceptors (Lipinski definition) is 3. The molecule has 0 bridgehead atoms. The van der Waals surface area contributed by atoms with Gasteiger partial charge in [-0.1, -0.05) is 17.9 Å². The van der Waals surface area contributed by atoms with Gasteiger partial charge in [0.05, 0.1) is 13.0 Å². The largest absolute Gasteiger partial charge is 0.384 e. The quantitative estimate of drug-likeness (QED) is 0.623. The highest BCUT2D eigenvalue weighted by Crippen LogP contribution is 2.16. The number of benzene rings is 1. The van der Waals surface area contributed by atoms with Crippen LogP contribution >= 0.6 is 0 Å². The third kappa shape index (κ3) is 6.84. The van der Waals surface area contributed by atoms with E-state index >= 15 is 0 Å². The van der Waals surface area contributed by atoms with Crippen LogP contribution in [0.3, 0.4) is 0 Å². The highest BCUT2D eigenvalue weighted by Gasteiger charge is 2.07. The highest BCUT2D eigenvalue weighted by atomic mass is 19.3. The molecular weight excluding hydrogens is 280 g/mol. The van der Waals surface area contributed by atoms with Crippen molar-refractivity contribution in [2.45, 2.75) is 19.8 Å². The van der Waals surface area contributed by atoms with Crippen LogP contribution in [-0.2, 0) is 9.53 Å². The molecule has 0 aromatic heterocycles. The Labute approximate surface area is 122 Å². The van der Waals surface area contributed by atoms with Crippen LogP contribution in [0.1, 0.15) is 17.5 Å². The van der Waals surface area contributed by atoms with Crippen LogP contribution < -0.4 is 5.32 Å². The molecule has 0 spiro atoms. The predicted octanol–water partition coefficient (Wildman–Crippen LogP) is 1.95. The Morgan fingerprint density at radius 1 is 1.48 bits per heavy atom. The number of carbonyl (C=O) groups is 1. The molecular formula is C15H17F2NO3. The summed E-state index contributed by atoms with van der Waals surface area (Å²) >= 11 is 0. The van der Waals surface area contributed by atoms with Gasteiger partial charge < -0.3 is 15.2 Å². The summed E-state index contributed by atoms with van der Waals surface area (Å²) < 4.78 is 28.3. The minimum absolute atomic E-state index is 0.00128. The first-order chi connectivity index (χ1) is 10.0. The van der Waals surface area contributed by atoms with Gasteiger partial charge in [0.1, 0.15) is 13.2 Å². The van der Waals surface area contributed by atoms with Gasteiger partial charge in [0.15, 0.2) is 0 Å². The monoisotopic (exact) mass is 297 g/mol. The van der Waals surface area contributed by atoms with Crippen molar-refractivity contribution in [1.29, 1.82) is 0 Å². The van der Waals surface area contributed by atoms with Crippen LogP contribution in [0.15, 0.2) is 18.2 Å². The summed E-state index contributed by atoms with van der Waals surface area (Å²) in [7, 11) is 0.